The minimum absolute atomic E-state index is 0. The zero-order valence-corrected chi connectivity index (χ0v) is 18.6. The highest BCUT2D eigenvalue weighted by Gasteiger charge is 2.24. The van der Waals surface area contributed by atoms with Gasteiger partial charge in [-0.15, -0.1) is 24.0 Å². The predicted molar refractivity (Wildman–Crippen MR) is 114 cm³/mol. The van der Waals surface area contributed by atoms with Crippen molar-refractivity contribution < 1.29 is 9.32 Å². The Bertz CT molecular complexity index is 597. The summed E-state index contributed by atoms with van der Waals surface area (Å²) in [7, 11) is 0. The number of rotatable bonds is 6. The van der Waals surface area contributed by atoms with Gasteiger partial charge in [-0.25, -0.2) is 0 Å². The molecule has 1 aliphatic rings. The summed E-state index contributed by atoms with van der Waals surface area (Å²) >= 11 is 0. The molecule has 8 heteroatoms. The van der Waals surface area contributed by atoms with Crippen LogP contribution in [0.15, 0.2) is 9.52 Å². The molecular formula is C18H32IN5O2. The van der Waals surface area contributed by atoms with Crippen LogP contribution in [0, 0.1) is 19.8 Å². The van der Waals surface area contributed by atoms with Gasteiger partial charge >= 0.3 is 0 Å². The normalized spacial score (nSPS) is 19.0. The van der Waals surface area contributed by atoms with E-state index in [9.17, 15) is 4.79 Å². The molecule has 0 spiro atoms. The number of carbonyl (C=O) groups is 1. The van der Waals surface area contributed by atoms with Crippen molar-refractivity contribution >= 4 is 35.8 Å². The van der Waals surface area contributed by atoms with Crippen LogP contribution in [0.2, 0.25) is 0 Å². The molecule has 0 aromatic carbocycles. The third-order valence-corrected chi connectivity index (χ3v) is 4.74. The predicted octanol–water partition coefficient (Wildman–Crippen LogP) is 2.57. The summed E-state index contributed by atoms with van der Waals surface area (Å²) in [4.78, 5) is 18.3. The number of guanidine groups is 1. The van der Waals surface area contributed by atoms with Gasteiger partial charge in [-0.2, -0.15) is 0 Å². The zero-order valence-electron chi connectivity index (χ0n) is 16.2. The smallest absolute Gasteiger partial charge is 0.217 e. The van der Waals surface area contributed by atoms with Crippen LogP contribution in [-0.4, -0.2) is 48.1 Å². The summed E-state index contributed by atoms with van der Waals surface area (Å²) in [5.74, 6) is 2.11. The van der Waals surface area contributed by atoms with E-state index in [1.807, 2.05) is 13.8 Å². The molecule has 1 fully saturated rings. The first-order chi connectivity index (χ1) is 11.9. The van der Waals surface area contributed by atoms with Gasteiger partial charge in [-0.05, 0) is 39.5 Å². The number of aliphatic imine (C=N–C) groups is 1. The maximum absolute atomic E-state index is 11.2. The number of piperidine rings is 1. The van der Waals surface area contributed by atoms with Crippen molar-refractivity contribution in [1.29, 1.82) is 0 Å². The van der Waals surface area contributed by atoms with E-state index in [1.54, 1.807) is 0 Å². The number of likely N-dealkylation sites (tertiary alicyclic amines) is 1. The van der Waals surface area contributed by atoms with E-state index in [0.717, 1.165) is 55.5 Å². The van der Waals surface area contributed by atoms with E-state index in [1.165, 1.54) is 0 Å². The van der Waals surface area contributed by atoms with E-state index in [2.05, 4.69) is 29.2 Å². The third-order valence-electron chi connectivity index (χ3n) is 4.74. The van der Waals surface area contributed by atoms with Crippen LogP contribution in [-0.2, 0) is 4.79 Å². The number of primary amides is 1. The summed E-state index contributed by atoms with van der Waals surface area (Å²) in [5, 5.41) is 7.41. The number of amides is 1. The Balaban J connectivity index is 0.00000338. The largest absolute Gasteiger partial charge is 0.370 e. The van der Waals surface area contributed by atoms with Crippen LogP contribution in [0.1, 0.15) is 56.0 Å². The Morgan fingerprint density at radius 3 is 2.81 bits per heavy atom. The number of nitrogens with two attached hydrogens (primary N) is 1. The zero-order chi connectivity index (χ0) is 18.4. The van der Waals surface area contributed by atoms with Gasteiger partial charge in [-0.3, -0.25) is 9.79 Å². The van der Waals surface area contributed by atoms with Crippen molar-refractivity contribution in [2.45, 2.75) is 52.9 Å². The van der Waals surface area contributed by atoms with Crippen LogP contribution >= 0.6 is 24.0 Å². The molecule has 26 heavy (non-hydrogen) atoms. The number of halogens is 1. The molecule has 1 aromatic rings. The minimum Gasteiger partial charge on any atom is -0.370 e. The third kappa shape index (κ3) is 6.14. The molecule has 1 aliphatic heterocycles. The number of nitrogens with zero attached hydrogens (tertiary/aromatic N) is 3. The fourth-order valence-electron chi connectivity index (χ4n) is 3.64. The molecule has 2 heterocycles. The van der Waals surface area contributed by atoms with Crippen LogP contribution < -0.4 is 11.1 Å². The molecule has 0 saturated carbocycles. The van der Waals surface area contributed by atoms with Gasteiger partial charge in [-0.1, -0.05) is 12.1 Å². The van der Waals surface area contributed by atoms with E-state index in [-0.39, 0.29) is 35.8 Å². The number of aromatic nitrogens is 1. The summed E-state index contributed by atoms with van der Waals surface area (Å²) in [6, 6.07) is 0. The summed E-state index contributed by atoms with van der Waals surface area (Å²) < 4.78 is 5.27. The number of hydrogen-bond acceptors (Lipinski definition) is 4. The molecule has 2 unspecified atom stereocenters. The first-order valence-electron chi connectivity index (χ1n) is 9.16. The lowest BCUT2D eigenvalue weighted by molar-refractivity contribution is -0.119. The quantitative estimate of drug-likeness (QED) is 0.373. The standard InChI is InChI=1S/C18H31N5O2.HI/c1-5-20-18(23-8-6-7-15(11-23)9-16(19)24)21-10-12(2)17-13(3)22-25-14(17)4;/h12,15H,5-11H2,1-4H3,(H2,19,24)(H,20,21);1H. The van der Waals surface area contributed by atoms with Crippen molar-refractivity contribution in [3.05, 3.63) is 17.0 Å². The topological polar surface area (TPSA) is 96.8 Å². The molecule has 0 aliphatic carbocycles. The molecular weight excluding hydrogens is 445 g/mol. The van der Waals surface area contributed by atoms with Gasteiger partial charge in [0.15, 0.2) is 5.96 Å². The summed E-state index contributed by atoms with van der Waals surface area (Å²) in [6.07, 6.45) is 2.56. The lowest BCUT2D eigenvalue weighted by Crippen LogP contribution is -2.47. The molecule has 1 aromatic heterocycles. The van der Waals surface area contributed by atoms with Crippen LogP contribution in [0.25, 0.3) is 0 Å². The Labute approximate surface area is 173 Å². The van der Waals surface area contributed by atoms with Gasteiger partial charge in [0.2, 0.25) is 5.91 Å². The van der Waals surface area contributed by atoms with Crippen LogP contribution in [0.5, 0.6) is 0 Å². The molecule has 0 bridgehead atoms. The molecule has 3 N–H and O–H groups in total. The maximum Gasteiger partial charge on any atom is 0.217 e. The lowest BCUT2D eigenvalue weighted by Gasteiger charge is -2.34. The first-order valence-corrected chi connectivity index (χ1v) is 9.16. The highest BCUT2D eigenvalue weighted by molar-refractivity contribution is 14.0. The molecule has 1 saturated heterocycles. The van der Waals surface area contributed by atoms with Crippen molar-refractivity contribution in [2.75, 3.05) is 26.2 Å². The van der Waals surface area contributed by atoms with Crippen LogP contribution in [0.4, 0.5) is 0 Å². The van der Waals surface area contributed by atoms with Crippen molar-refractivity contribution in [3.63, 3.8) is 0 Å². The highest BCUT2D eigenvalue weighted by atomic mass is 127. The molecule has 1 amide bonds. The number of aryl methyl sites for hydroxylation is 2. The SMILES string of the molecule is CCNC(=NCC(C)c1c(C)noc1C)N1CCCC(CC(N)=O)C1.I. The molecule has 0 radical (unpaired) electrons. The second-order valence-electron chi connectivity index (χ2n) is 6.96. The fraction of sp³-hybridized carbons (Fsp3) is 0.722. The monoisotopic (exact) mass is 477 g/mol. The van der Waals surface area contributed by atoms with Crippen molar-refractivity contribution in [1.82, 2.24) is 15.4 Å². The van der Waals surface area contributed by atoms with Crippen LogP contribution in [0.3, 0.4) is 0 Å². The van der Waals surface area contributed by atoms with Crippen molar-refractivity contribution in [3.8, 4) is 0 Å². The Morgan fingerprint density at radius 1 is 1.50 bits per heavy atom. The number of carbonyl (C=O) groups excluding carboxylic acids is 1. The molecule has 148 valence electrons. The summed E-state index contributed by atoms with van der Waals surface area (Å²) in [5.41, 5.74) is 7.44. The molecule has 2 rings (SSSR count). The van der Waals surface area contributed by atoms with Gasteiger partial charge in [0.05, 0.1) is 5.69 Å². The maximum atomic E-state index is 11.2. The fourth-order valence-corrected chi connectivity index (χ4v) is 3.64. The van der Waals surface area contributed by atoms with Gasteiger partial charge in [0.1, 0.15) is 5.76 Å². The minimum atomic E-state index is -0.221. The average molecular weight is 477 g/mol. The Morgan fingerprint density at radius 2 is 2.23 bits per heavy atom. The van der Waals surface area contributed by atoms with Gasteiger partial charge < -0.3 is 20.5 Å². The average Bonchev–Trinajstić information content (AvgIpc) is 2.89. The second-order valence-corrected chi connectivity index (χ2v) is 6.96. The van der Waals surface area contributed by atoms with E-state index < -0.39 is 0 Å². The summed E-state index contributed by atoms with van der Waals surface area (Å²) in [6.45, 7) is 11.4. The Kier molecular flexibility index (Phi) is 9.38. The first kappa shape index (κ1) is 22.7. The molecule has 7 nitrogen and oxygen atoms in total. The van der Waals surface area contributed by atoms with Gasteiger partial charge in [0, 0.05) is 44.1 Å². The number of nitrogens with one attached hydrogen (secondary N) is 1. The number of hydrogen-bond donors (Lipinski definition) is 2. The van der Waals surface area contributed by atoms with Crippen molar-refractivity contribution in [2.24, 2.45) is 16.6 Å². The van der Waals surface area contributed by atoms with E-state index in [0.29, 0.717) is 18.9 Å². The lowest BCUT2D eigenvalue weighted by atomic mass is 9.95. The second kappa shape index (κ2) is 10.7. The Hall–Kier alpha value is -1.32. The molecule has 2 atom stereocenters. The van der Waals surface area contributed by atoms with E-state index >= 15 is 0 Å². The van der Waals surface area contributed by atoms with Gasteiger partial charge in [0.25, 0.3) is 0 Å². The highest BCUT2D eigenvalue weighted by Crippen LogP contribution is 2.24. The van der Waals surface area contributed by atoms with E-state index in [4.69, 9.17) is 15.2 Å².